The third-order valence-electron chi connectivity index (χ3n) is 5.15. The van der Waals surface area contributed by atoms with Gasteiger partial charge in [-0.2, -0.15) is 0 Å². The average Bonchev–Trinajstić information content (AvgIpc) is 3.07. The van der Waals surface area contributed by atoms with Gasteiger partial charge in [-0.3, -0.25) is 0 Å². The number of benzene rings is 4. The summed E-state index contributed by atoms with van der Waals surface area (Å²) in [7, 11) is 0. The molecule has 0 saturated carbocycles. The molecule has 0 N–H and O–H groups in total. The summed E-state index contributed by atoms with van der Waals surface area (Å²) in [4.78, 5) is 0. The van der Waals surface area contributed by atoms with Crippen LogP contribution in [0.25, 0.3) is 33.4 Å². The maximum Gasteiger partial charge on any atom is 0 e. The summed E-state index contributed by atoms with van der Waals surface area (Å²) in [5.74, 6) is 0. The van der Waals surface area contributed by atoms with Crippen molar-refractivity contribution in [1.82, 2.24) is 0 Å². The van der Waals surface area contributed by atoms with Gasteiger partial charge >= 0.3 is 0 Å². The monoisotopic (exact) mass is 408 g/mol. The maximum absolute atomic E-state index is 2.27. The van der Waals surface area contributed by atoms with E-state index in [1.54, 1.807) is 0 Å². The summed E-state index contributed by atoms with van der Waals surface area (Å²) in [5.41, 5.74) is 10.9. The van der Waals surface area contributed by atoms with Crippen molar-refractivity contribution in [1.29, 1.82) is 0 Å². The van der Waals surface area contributed by atoms with Crippen molar-refractivity contribution in [3.63, 3.8) is 0 Å². The summed E-state index contributed by atoms with van der Waals surface area (Å²) in [6, 6.07) is 34.9. The number of rotatable bonds is 2. The Kier molecular flexibility index (Phi) is 4.74. The fraction of sp³-hybridized carbons (Fsp3) is 0.0400. The van der Waals surface area contributed by atoms with Crippen LogP contribution in [0.15, 0.2) is 97.1 Å². The van der Waals surface area contributed by atoms with Crippen LogP contribution < -0.4 is 0 Å². The van der Waals surface area contributed by atoms with Gasteiger partial charge in [-0.15, -0.1) is 0 Å². The topological polar surface area (TPSA) is 0 Å². The van der Waals surface area contributed by atoms with Gasteiger partial charge in [-0.25, -0.2) is 0 Å². The molecule has 26 heavy (non-hydrogen) atoms. The Morgan fingerprint density at radius 3 is 1.73 bits per heavy atom. The third kappa shape index (κ3) is 2.81. The first-order valence-electron chi connectivity index (χ1n) is 8.77. The summed E-state index contributed by atoms with van der Waals surface area (Å²) >= 11 is 0. The second-order valence-corrected chi connectivity index (χ2v) is 6.58. The van der Waals surface area contributed by atoms with E-state index < -0.39 is 0 Å². The molecule has 0 amide bonds. The molecule has 0 fully saturated rings. The van der Waals surface area contributed by atoms with Gasteiger partial charge in [0.1, 0.15) is 0 Å². The zero-order valence-corrected chi connectivity index (χ0v) is 16.9. The van der Waals surface area contributed by atoms with Crippen molar-refractivity contribution in [2.24, 2.45) is 0 Å². The largest absolute Gasteiger partial charge is 0.0622 e. The van der Waals surface area contributed by atoms with E-state index in [9.17, 15) is 0 Å². The molecule has 1 aliphatic carbocycles. The van der Waals surface area contributed by atoms with Gasteiger partial charge in [0.05, 0.1) is 0 Å². The number of hydrogen-bond acceptors (Lipinski definition) is 0. The molecule has 122 valence electrons. The van der Waals surface area contributed by atoms with E-state index in [2.05, 4.69) is 97.1 Å². The van der Waals surface area contributed by atoms with Gasteiger partial charge < -0.3 is 0 Å². The second-order valence-electron chi connectivity index (χ2n) is 6.58. The second kappa shape index (κ2) is 7.18. The quantitative estimate of drug-likeness (QED) is 0.308. The Hall–Kier alpha value is -2.24. The third-order valence-corrected chi connectivity index (χ3v) is 5.15. The summed E-state index contributed by atoms with van der Waals surface area (Å²) in [5, 5.41) is 0. The number of hydrogen-bond donors (Lipinski definition) is 0. The van der Waals surface area contributed by atoms with Gasteiger partial charge in [0.15, 0.2) is 0 Å². The zero-order chi connectivity index (χ0) is 16.6. The van der Waals surface area contributed by atoms with Crippen molar-refractivity contribution in [2.45, 2.75) is 6.42 Å². The van der Waals surface area contributed by atoms with Crippen LogP contribution in [0.4, 0.5) is 0 Å². The molecule has 1 heteroatoms. The van der Waals surface area contributed by atoms with Gasteiger partial charge in [0.25, 0.3) is 0 Å². The molecular weight excluding hydrogens is 391 g/mol. The molecule has 0 saturated heterocycles. The Balaban J connectivity index is 0.00000168. The molecule has 0 bridgehead atoms. The summed E-state index contributed by atoms with van der Waals surface area (Å²) < 4.78 is 0. The van der Waals surface area contributed by atoms with Gasteiger partial charge in [0, 0.05) is 26.2 Å². The Morgan fingerprint density at radius 2 is 0.962 bits per heavy atom. The van der Waals surface area contributed by atoms with Crippen LogP contribution >= 0.6 is 0 Å². The molecule has 0 aliphatic heterocycles. The van der Waals surface area contributed by atoms with Crippen LogP contribution in [-0.4, -0.2) is 0 Å². The van der Waals surface area contributed by atoms with E-state index in [0.717, 1.165) is 6.42 Å². The van der Waals surface area contributed by atoms with Gasteiger partial charge in [0.2, 0.25) is 0 Å². The minimum absolute atomic E-state index is 0. The van der Waals surface area contributed by atoms with Crippen molar-refractivity contribution in [3.8, 4) is 33.4 Å². The molecule has 0 aromatic heterocycles. The standard InChI is InChI=1S/C25H18.Zr/c1-2-9-18(10-3-1)20-12-6-7-14-22(20)24-16-8-15-23-21-13-5-4-11-19(21)17-25(23)24;/h1-16H,17H2;. The molecule has 4 aromatic rings. The first-order valence-corrected chi connectivity index (χ1v) is 8.77. The van der Waals surface area contributed by atoms with Crippen LogP contribution in [0.5, 0.6) is 0 Å². The van der Waals surface area contributed by atoms with Crippen LogP contribution in [0, 0.1) is 0 Å². The molecule has 0 heterocycles. The first kappa shape index (κ1) is 17.2. The van der Waals surface area contributed by atoms with E-state index in [1.165, 1.54) is 44.5 Å². The van der Waals surface area contributed by atoms with Crippen molar-refractivity contribution in [2.75, 3.05) is 0 Å². The number of fused-ring (bicyclic) bond motifs is 3. The minimum atomic E-state index is 0. The van der Waals surface area contributed by atoms with Crippen LogP contribution in [0.1, 0.15) is 11.1 Å². The van der Waals surface area contributed by atoms with Gasteiger partial charge in [-0.1, -0.05) is 97.1 Å². The fourth-order valence-corrected chi connectivity index (χ4v) is 4.00. The molecule has 1 aliphatic rings. The zero-order valence-electron chi connectivity index (χ0n) is 14.4. The predicted octanol–water partition coefficient (Wildman–Crippen LogP) is 6.59. The molecule has 4 aromatic carbocycles. The fourth-order valence-electron chi connectivity index (χ4n) is 4.00. The van der Waals surface area contributed by atoms with Crippen LogP contribution in [-0.2, 0) is 32.6 Å². The van der Waals surface area contributed by atoms with Crippen LogP contribution in [0.3, 0.4) is 0 Å². The smallest absolute Gasteiger partial charge is 0 e. The summed E-state index contributed by atoms with van der Waals surface area (Å²) in [6.07, 6.45) is 1.02. The van der Waals surface area contributed by atoms with E-state index in [0.29, 0.717) is 0 Å². The Bertz CT molecular complexity index is 1060. The predicted molar refractivity (Wildman–Crippen MR) is 106 cm³/mol. The van der Waals surface area contributed by atoms with Gasteiger partial charge in [-0.05, 0) is 50.9 Å². The molecule has 0 radical (unpaired) electrons. The van der Waals surface area contributed by atoms with E-state index in [-0.39, 0.29) is 26.2 Å². The molecule has 5 rings (SSSR count). The first-order chi connectivity index (χ1) is 12.4. The van der Waals surface area contributed by atoms with E-state index in [1.807, 2.05) is 0 Å². The minimum Gasteiger partial charge on any atom is -0.0622 e. The van der Waals surface area contributed by atoms with Crippen molar-refractivity contribution < 1.29 is 26.2 Å². The van der Waals surface area contributed by atoms with E-state index >= 15 is 0 Å². The Labute approximate surface area is 173 Å². The normalized spacial score (nSPS) is 11.4. The van der Waals surface area contributed by atoms with Crippen molar-refractivity contribution >= 4 is 0 Å². The van der Waals surface area contributed by atoms with Crippen LogP contribution in [0.2, 0.25) is 0 Å². The molecule has 0 unspecified atom stereocenters. The summed E-state index contributed by atoms with van der Waals surface area (Å²) in [6.45, 7) is 0. The molecular formula is C25H18Zr. The average molecular weight is 410 g/mol. The SMILES string of the molecule is [Zr].c1ccc(-c2ccccc2-c2cccc3c2Cc2ccccc2-3)cc1. The molecule has 0 spiro atoms. The molecule has 0 nitrogen and oxygen atoms in total. The molecule has 0 atom stereocenters. The van der Waals surface area contributed by atoms with E-state index in [4.69, 9.17) is 0 Å². The Morgan fingerprint density at radius 1 is 0.423 bits per heavy atom. The maximum atomic E-state index is 2.27. The van der Waals surface area contributed by atoms with Crippen molar-refractivity contribution in [3.05, 3.63) is 108 Å².